The van der Waals surface area contributed by atoms with Gasteiger partial charge in [0.25, 0.3) is 0 Å². The van der Waals surface area contributed by atoms with Crippen molar-refractivity contribution < 1.29 is 4.74 Å². The number of aromatic nitrogens is 2. The summed E-state index contributed by atoms with van der Waals surface area (Å²) < 4.78 is 8.54. The molecule has 2 rings (SSSR count). The van der Waals surface area contributed by atoms with Crippen LogP contribution in [0.2, 0.25) is 0 Å². The van der Waals surface area contributed by atoms with Gasteiger partial charge >= 0.3 is 0 Å². The minimum atomic E-state index is 0.469. The quantitative estimate of drug-likeness (QED) is 0.918. The van der Waals surface area contributed by atoms with E-state index in [9.17, 15) is 0 Å². The van der Waals surface area contributed by atoms with E-state index in [4.69, 9.17) is 10.5 Å². The molecule has 0 atom stereocenters. The molecule has 0 saturated carbocycles. The van der Waals surface area contributed by atoms with Gasteiger partial charge in [0, 0.05) is 17.1 Å². The van der Waals surface area contributed by atoms with E-state index in [2.05, 4.69) is 28.0 Å². The minimum Gasteiger partial charge on any atom is -0.471 e. The molecule has 0 fully saturated rings. The summed E-state index contributed by atoms with van der Waals surface area (Å²) in [5.74, 6) is 0.638. The number of nitrogens with two attached hydrogens (primary N) is 1. The summed E-state index contributed by atoms with van der Waals surface area (Å²) in [7, 11) is 1.85. The lowest BCUT2D eigenvalue weighted by Crippen LogP contribution is -2.03. The molecule has 0 saturated heterocycles. The minimum absolute atomic E-state index is 0.469. The third-order valence-electron chi connectivity index (χ3n) is 2.91. The second-order valence-electron chi connectivity index (χ2n) is 4.42. The fourth-order valence-electron chi connectivity index (χ4n) is 1.93. The van der Waals surface area contributed by atoms with E-state index in [-0.39, 0.29) is 0 Å². The molecule has 0 aliphatic heterocycles. The van der Waals surface area contributed by atoms with E-state index < -0.39 is 0 Å². The maximum atomic E-state index is 6.07. The van der Waals surface area contributed by atoms with Gasteiger partial charge in [-0.3, -0.25) is 0 Å². The lowest BCUT2D eigenvalue weighted by Gasteiger charge is -2.08. The Morgan fingerprint density at radius 1 is 1.37 bits per heavy atom. The third-order valence-corrected chi connectivity index (χ3v) is 3.69. The van der Waals surface area contributed by atoms with Crippen molar-refractivity contribution in [1.29, 1.82) is 0 Å². The van der Waals surface area contributed by atoms with Crippen molar-refractivity contribution in [3.63, 3.8) is 0 Å². The smallest absolute Gasteiger partial charge is 0.236 e. The molecule has 0 bridgehead atoms. The molecule has 19 heavy (non-hydrogen) atoms. The molecule has 1 heterocycles. The fourth-order valence-corrected chi connectivity index (χ4v) is 2.33. The largest absolute Gasteiger partial charge is 0.471 e. The molecule has 102 valence electrons. The molecule has 1 aromatic carbocycles. The van der Waals surface area contributed by atoms with Crippen LogP contribution in [0.25, 0.3) is 0 Å². The van der Waals surface area contributed by atoms with Crippen LogP contribution in [0.5, 0.6) is 5.88 Å². The van der Waals surface area contributed by atoms with Gasteiger partial charge in [0.05, 0.1) is 5.69 Å². The molecule has 4 nitrogen and oxygen atoms in total. The Balaban J connectivity index is 2.14. The predicted octanol–water partition coefficient (Wildman–Crippen LogP) is 3.30. The number of anilines is 1. The van der Waals surface area contributed by atoms with Crippen LogP contribution in [0.4, 0.5) is 5.69 Å². The first kappa shape index (κ1) is 13.9. The first-order valence-corrected chi connectivity index (χ1v) is 7.10. The Morgan fingerprint density at radius 3 is 2.79 bits per heavy atom. The second-order valence-corrected chi connectivity index (χ2v) is 5.27. The summed E-state index contributed by atoms with van der Waals surface area (Å²) >= 11 is 3.50. The van der Waals surface area contributed by atoms with E-state index in [1.54, 1.807) is 4.68 Å². The van der Waals surface area contributed by atoms with Gasteiger partial charge < -0.3 is 10.5 Å². The zero-order chi connectivity index (χ0) is 13.8. The molecule has 0 amide bonds. The van der Waals surface area contributed by atoms with E-state index in [1.165, 1.54) is 0 Å². The lowest BCUT2D eigenvalue weighted by atomic mass is 10.2. The average molecular weight is 324 g/mol. The summed E-state index contributed by atoms with van der Waals surface area (Å²) in [5, 5.41) is 4.39. The number of hydrogen-bond donors (Lipinski definition) is 1. The van der Waals surface area contributed by atoms with E-state index in [0.717, 1.165) is 28.6 Å². The van der Waals surface area contributed by atoms with Gasteiger partial charge in [-0.15, -0.1) is 0 Å². The molecule has 0 aliphatic rings. The van der Waals surface area contributed by atoms with Gasteiger partial charge in [0.15, 0.2) is 0 Å². The molecule has 0 radical (unpaired) electrons. The highest BCUT2D eigenvalue weighted by molar-refractivity contribution is 9.10. The summed E-state index contributed by atoms with van der Waals surface area (Å²) in [6, 6.07) is 7.97. The van der Waals surface area contributed by atoms with Gasteiger partial charge in [-0.1, -0.05) is 47.5 Å². The number of nitrogen functional groups attached to an aromatic ring is 1. The Bertz CT molecular complexity index is 566. The number of rotatable bonds is 5. The number of nitrogens with zero attached hydrogens (tertiary/aromatic N) is 2. The number of ether oxygens (including phenoxy) is 1. The maximum absolute atomic E-state index is 6.07. The van der Waals surface area contributed by atoms with Gasteiger partial charge in [-0.25, -0.2) is 4.68 Å². The summed E-state index contributed by atoms with van der Waals surface area (Å²) in [5.41, 5.74) is 8.71. The topological polar surface area (TPSA) is 53.1 Å². The molecule has 2 N–H and O–H groups in total. The lowest BCUT2D eigenvalue weighted by molar-refractivity contribution is 0.280. The first-order chi connectivity index (χ1) is 9.13. The van der Waals surface area contributed by atoms with Crippen LogP contribution in [0, 0.1) is 0 Å². The monoisotopic (exact) mass is 323 g/mol. The highest BCUT2D eigenvalue weighted by Crippen LogP contribution is 2.27. The molecule has 0 unspecified atom stereocenters. The van der Waals surface area contributed by atoms with Crippen LogP contribution in [-0.2, 0) is 20.1 Å². The highest BCUT2D eigenvalue weighted by Gasteiger charge is 2.14. The number of benzene rings is 1. The normalized spacial score (nSPS) is 10.7. The zero-order valence-corrected chi connectivity index (χ0v) is 12.8. The van der Waals surface area contributed by atoms with Crippen LogP contribution in [0.15, 0.2) is 28.7 Å². The summed E-state index contributed by atoms with van der Waals surface area (Å²) in [6.45, 7) is 2.58. The molecule has 0 spiro atoms. The average Bonchev–Trinajstić information content (AvgIpc) is 2.65. The van der Waals surface area contributed by atoms with E-state index in [1.807, 2.05) is 31.3 Å². The van der Waals surface area contributed by atoms with Crippen LogP contribution < -0.4 is 10.5 Å². The predicted molar refractivity (Wildman–Crippen MR) is 80.1 cm³/mol. The van der Waals surface area contributed by atoms with Gasteiger partial charge in [0.2, 0.25) is 5.88 Å². The number of hydrogen-bond acceptors (Lipinski definition) is 3. The first-order valence-electron chi connectivity index (χ1n) is 6.31. The summed E-state index contributed by atoms with van der Waals surface area (Å²) in [4.78, 5) is 0. The van der Waals surface area contributed by atoms with Crippen molar-refractivity contribution in [3.8, 4) is 5.88 Å². The summed E-state index contributed by atoms with van der Waals surface area (Å²) in [6.07, 6.45) is 1.89. The molecular formula is C14H18BrN3O. The van der Waals surface area contributed by atoms with Crippen molar-refractivity contribution in [1.82, 2.24) is 9.78 Å². The molecular weight excluding hydrogens is 306 g/mol. The third kappa shape index (κ3) is 3.10. The number of halogens is 1. The molecule has 2 aromatic rings. The van der Waals surface area contributed by atoms with Crippen LogP contribution >= 0.6 is 15.9 Å². The number of aryl methyl sites for hydroxylation is 2. The Morgan fingerprint density at radius 2 is 2.11 bits per heavy atom. The molecule has 5 heteroatoms. The van der Waals surface area contributed by atoms with E-state index in [0.29, 0.717) is 18.2 Å². The zero-order valence-electron chi connectivity index (χ0n) is 11.2. The van der Waals surface area contributed by atoms with Crippen molar-refractivity contribution in [2.24, 2.45) is 7.05 Å². The van der Waals surface area contributed by atoms with Crippen molar-refractivity contribution in [2.75, 3.05) is 5.73 Å². The van der Waals surface area contributed by atoms with Crippen LogP contribution in [0.1, 0.15) is 24.6 Å². The molecule has 0 aliphatic carbocycles. The van der Waals surface area contributed by atoms with Crippen molar-refractivity contribution in [2.45, 2.75) is 26.4 Å². The van der Waals surface area contributed by atoms with Gasteiger partial charge in [-0.2, -0.15) is 5.10 Å². The van der Waals surface area contributed by atoms with Crippen LogP contribution in [0.3, 0.4) is 0 Å². The van der Waals surface area contributed by atoms with Gasteiger partial charge in [-0.05, 0) is 12.5 Å². The SMILES string of the molecule is CCCc1nn(C)c(OCc2ccccc2Br)c1N. The Labute approximate surface area is 121 Å². The fraction of sp³-hybridized carbons (Fsp3) is 0.357. The molecule has 1 aromatic heterocycles. The van der Waals surface area contributed by atoms with Crippen LogP contribution in [-0.4, -0.2) is 9.78 Å². The van der Waals surface area contributed by atoms with E-state index >= 15 is 0 Å². The maximum Gasteiger partial charge on any atom is 0.236 e. The second kappa shape index (κ2) is 6.10. The highest BCUT2D eigenvalue weighted by atomic mass is 79.9. The Hall–Kier alpha value is -1.49. The van der Waals surface area contributed by atoms with Gasteiger partial charge in [0.1, 0.15) is 12.3 Å². The standard InChI is InChI=1S/C14H18BrN3O/c1-3-6-12-13(16)14(18(2)17-12)19-9-10-7-4-5-8-11(10)15/h4-5,7-8H,3,6,9,16H2,1-2H3. The Kier molecular flexibility index (Phi) is 4.47. The van der Waals surface area contributed by atoms with Crippen molar-refractivity contribution >= 4 is 21.6 Å². The van der Waals surface area contributed by atoms with Crippen molar-refractivity contribution in [3.05, 3.63) is 40.0 Å².